The van der Waals surface area contributed by atoms with Crippen LogP contribution in [0.5, 0.6) is 0 Å². The minimum Gasteiger partial charge on any atom is -0.382 e. The number of aromatic nitrogens is 3. The molecule has 2 heterocycles. The van der Waals surface area contributed by atoms with E-state index in [1.807, 2.05) is 6.07 Å². The normalized spacial score (nSPS) is 12.8. The summed E-state index contributed by atoms with van der Waals surface area (Å²) in [7, 11) is 1.81. The molecule has 2 rings (SSSR count). The summed E-state index contributed by atoms with van der Waals surface area (Å²) < 4.78 is 3.27. The number of hydrogen-bond donors (Lipinski definition) is 1. The van der Waals surface area contributed by atoms with Crippen LogP contribution in [-0.4, -0.2) is 19.9 Å². The second kappa shape index (κ2) is 4.65. The van der Waals surface area contributed by atoms with Gasteiger partial charge in [-0.3, -0.25) is 9.67 Å². The molecule has 0 aliphatic rings. The van der Waals surface area contributed by atoms with E-state index in [1.54, 1.807) is 30.3 Å². The molecule has 6 heteroatoms. The molecule has 2 aromatic rings. The first kappa shape index (κ1) is 11.8. The van der Waals surface area contributed by atoms with Gasteiger partial charge in [-0.15, -0.1) is 0 Å². The van der Waals surface area contributed by atoms with E-state index >= 15 is 0 Å². The van der Waals surface area contributed by atoms with Crippen LogP contribution in [0.2, 0.25) is 0 Å². The standard InChI is InChI=1S/C10H9Br2N3O/c1-15-5-6(3-14-15)10(16)9-8(12)2-7(11)4-13-9/h2-5,10,16H,1H3. The smallest absolute Gasteiger partial charge is 0.125 e. The number of nitrogens with zero attached hydrogens (tertiary/aromatic N) is 3. The fourth-order valence-electron chi connectivity index (χ4n) is 1.37. The van der Waals surface area contributed by atoms with Crippen molar-refractivity contribution in [2.75, 3.05) is 0 Å². The van der Waals surface area contributed by atoms with Crippen LogP contribution in [0.1, 0.15) is 17.4 Å². The largest absolute Gasteiger partial charge is 0.382 e. The van der Waals surface area contributed by atoms with Crippen LogP contribution < -0.4 is 0 Å². The van der Waals surface area contributed by atoms with Crippen molar-refractivity contribution in [3.8, 4) is 0 Å². The van der Waals surface area contributed by atoms with E-state index in [4.69, 9.17) is 0 Å². The molecule has 2 aromatic heterocycles. The SMILES string of the molecule is Cn1cc(C(O)c2ncc(Br)cc2Br)cn1. The number of rotatable bonds is 2. The molecule has 0 aliphatic carbocycles. The summed E-state index contributed by atoms with van der Waals surface area (Å²) in [6.45, 7) is 0. The monoisotopic (exact) mass is 345 g/mol. The molecule has 0 aromatic carbocycles. The Bertz CT molecular complexity index is 513. The third-order valence-corrected chi connectivity index (χ3v) is 3.20. The van der Waals surface area contributed by atoms with Gasteiger partial charge in [0.1, 0.15) is 6.10 Å². The van der Waals surface area contributed by atoms with Crippen LogP contribution in [-0.2, 0) is 7.05 Å². The van der Waals surface area contributed by atoms with Gasteiger partial charge in [-0.05, 0) is 37.9 Å². The van der Waals surface area contributed by atoms with Crippen LogP contribution >= 0.6 is 31.9 Å². The first-order valence-electron chi connectivity index (χ1n) is 4.55. The zero-order chi connectivity index (χ0) is 11.7. The van der Waals surface area contributed by atoms with E-state index < -0.39 is 6.10 Å². The molecular weight excluding hydrogens is 338 g/mol. The van der Waals surface area contributed by atoms with E-state index in [2.05, 4.69) is 41.9 Å². The molecule has 0 fully saturated rings. The molecule has 0 amide bonds. The minimum atomic E-state index is -0.767. The van der Waals surface area contributed by atoms with Crippen molar-refractivity contribution >= 4 is 31.9 Å². The predicted octanol–water partition coefficient (Wildman–Crippen LogP) is 2.42. The first-order chi connectivity index (χ1) is 7.58. The lowest BCUT2D eigenvalue weighted by Crippen LogP contribution is -2.02. The molecule has 0 radical (unpaired) electrons. The second-order valence-electron chi connectivity index (χ2n) is 3.37. The highest BCUT2D eigenvalue weighted by Gasteiger charge is 2.16. The van der Waals surface area contributed by atoms with Gasteiger partial charge in [-0.25, -0.2) is 0 Å². The van der Waals surface area contributed by atoms with E-state index in [9.17, 15) is 5.11 Å². The summed E-state index contributed by atoms with van der Waals surface area (Å²) in [5.41, 5.74) is 1.30. The number of aryl methyl sites for hydroxylation is 1. The average Bonchev–Trinajstić information content (AvgIpc) is 2.64. The lowest BCUT2D eigenvalue weighted by molar-refractivity contribution is 0.214. The molecule has 0 aliphatic heterocycles. The van der Waals surface area contributed by atoms with Gasteiger partial charge in [-0.2, -0.15) is 5.10 Å². The zero-order valence-electron chi connectivity index (χ0n) is 8.43. The maximum absolute atomic E-state index is 10.1. The van der Waals surface area contributed by atoms with E-state index in [1.165, 1.54) is 0 Å². The Balaban J connectivity index is 2.37. The number of aliphatic hydroxyl groups excluding tert-OH is 1. The van der Waals surface area contributed by atoms with Gasteiger partial charge in [-0.1, -0.05) is 0 Å². The minimum absolute atomic E-state index is 0.580. The Hall–Kier alpha value is -0.720. The van der Waals surface area contributed by atoms with Crippen molar-refractivity contribution < 1.29 is 5.11 Å². The summed E-state index contributed by atoms with van der Waals surface area (Å²) in [5.74, 6) is 0. The van der Waals surface area contributed by atoms with Crippen molar-refractivity contribution in [1.29, 1.82) is 0 Å². The van der Waals surface area contributed by atoms with Gasteiger partial charge in [0, 0.05) is 34.0 Å². The first-order valence-corrected chi connectivity index (χ1v) is 6.14. The third-order valence-electron chi connectivity index (χ3n) is 2.14. The lowest BCUT2D eigenvalue weighted by Gasteiger charge is -2.09. The molecule has 16 heavy (non-hydrogen) atoms. The molecule has 4 nitrogen and oxygen atoms in total. The van der Waals surface area contributed by atoms with Crippen LogP contribution in [0, 0.1) is 0 Å². The van der Waals surface area contributed by atoms with Crippen molar-refractivity contribution in [3.05, 3.63) is 44.9 Å². The molecular formula is C10H9Br2N3O. The van der Waals surface area contributed by atoms with Crippen LogP contribution in [0.15, 0.2) is 33.6 Å². The summed E-state index contributed by atoms with van der Waals surface area (Å²) in [6, 6.07) is 1.85. The van der Waals surface area contributed by atoms with Crippen molar-refractivity contribution in [1.82, 2.24) is 14.8 Å². The maximum Gasteiger partial charge on any atom is 0.125 e. The van der Waals surface area contributed by atoms with Gasteiger partial charge in [0.05, 0.1) is 11.9 Å². The molecule has 0 spiro atoms. The Morgan fingerprint density at radius 1 is 1.38 bits per heavy atom. The highest BCUT2D eigenvalue weighted by molar-refractivity contribution is 9.11. The Kier molecular flexibility index (Phi) is 3.41. The van der Waals surface area contributed by atoms with Crippen molar-refractivity contribution in [3.63, 3.8) is 0 Å². The topological polar surface area (TPSA) is 50.9 Å². The van der Waals surface area contributed by atoms with Gasteiger partial charge in [0.2, 0.25) is 0 Å². The molecule has 1 atom stereocenters. The molecule has 0 saturated carbocycles. The van der Waals surface area contributed by atoms with Crippen LogP contribution in [0.3, 0.4) is 0 Å². The fraction of sp³-hybridized carbons (Fsp3) is 0.200. The third kappa shape index (κ3) is 2.34. The molecule has 0 bridgehead atoms. The van der Waals surface area contributed by atoms with Crippen LogP contribution in [0.25, 0.3) is 0 Å². The van der Waals surface area contributed by atoms with Gasteiger partial charge in [0.25, 0.3) is 0 Å². The Morgan fingerprint density at radius 2 is 2.12 bits per heavy atom. The number of aliphatic hydroxyl groups is 1. The van der Waals surface area contributed by atoms with E-state index in [0.717, 1.165) is 14.5 Å². The zero-order valence-corrected chi connectivity index (χ0v) is 11.6. The van der Waals surface area contributed by atoms with E-state index in [-0.39, 0.29) is 0 Å². The second-order valence-corrected chi connectivity index (χ2v) is 5.14. The summed E-state index contributed by atoms with van der Waals surface area (Å²) >= 11 is 6.69. The predicted molar refractivity (Wildman–Crippen MR) is 66.9 cm³/mol. The van der Waals surface area contributed by atoms with Crippen molar-refractivity contribution in [2.45, 2.75) is 6.10 Å². The highest BCUT2D eigenvalue weighted by Crippen LogP contribution is 2.28. The number of hydrogen-bond acceptors (Lipinski definition) is 3. The molecule has 1 unspecified atom stereocenters. The molecule has 84 valence electrons. The number of pyridine rings is 1. The Labute approximate surface area is 110 Å². The highest BCUT2D eigenvalue weighted by atomic mass is 79.9. The summed E-state index contributed by atoms with van der Waals surface area (Å²) in [6.07, 6.45) is 4.28. The Morgan fingerprint density at radius 3 is 2.69 bits per heavy atom. The van der Waals surface area contributed by atoms with Crippen LogP contribution in [0.4, 0.5) is 0 Å². The van der Waals surface area contributed by atoms with Gasteiger partial charge >= 0.3 is 0 Å². The maximum atomic E-state index is 10.1. The molecule has 1 N–H and O–H groups in total. The fourth-order valence-corrected chi connectivity index (χ4v) is 2.57. The van der Waals surface area contributed by atoms with Gasteiger partial charge in [0.15, 0.2) is 0 Å². The average molecular weight is 347 g/mol. The quantitative estimate of drug-likeness (QED) is 0.908. The number of halogens is 2. The van der Waals surface area contributed by atoms with Crippen molar-refractivity contribution in [2.24, 2.45) is 7.05 Å². The molecule has 0 saturated heterocycles. The summed E-state index contributed by atoms with van der Waals surface area (Å²) in [4.78, 5) is 4.18. The lowest BCUT2D eigenvalue weighted by atomic mass is 10.1. The summed E-state index contributed by atoms with van der Waals surface area (Å²) in [5, 5.41) is 14.1. The van der Waals surface area contributed by atoms with Gasteiger partial charge < -0.3 is 5.11 Å². The van der Waals surface area contributed by atoms with E-state index in [0.29, 0.717) is 5.69 Å².